The van der Waals surface area contributed by atoms with Crippen molar-refractivity contribution >= 4 is 17.2 Å². The first-order valence-corrected chi connectivity index (χ1v) is 6.47. The molecule has 0 saturated heterocycles. The van der Waals surface area contributed by atoms with Gasteiger partial charge >= 0.3 is 0 Å². The van der Waals surface area contributed by atoms with E-state index in [1.54, 1.807) is 0 Å². The largest absolute Gasteiger partial charge is 0.397 e. The van der Waals surface area contributed by atoms with Gasteiger partial charge in [-0.1, -0.05) is 30.3 Å². The zero-order valence-corrected chi connectivity index (χ0v) is 11.2. The summed E-state index contributed by atoms with van der Waals surface area (Å²) >= 11 is 0. The van der Waals surface area contributed by atoms with Crippen LogP contribution in [0.2, 0.25) is 0 Å². The number of rotatable bonds is 3. The number of aryl methyl sites for hydroxylation is 1. The van der Waals surface area contributed by atoms with Crippen LogP contribution in [0.15, 0.2) is 60.7 Å². The number of para-hydroxylation sites is 3. The Morgan fingerprint density at radius 1 is 1.00 bits per heavy atom. The molecule has 4 nitrogen and oxygen atoms in total. The fourth-order valence-corrected chi connectivity index (χ4v) is 2.10. The maximum Gasteiger partial charge on any atom is 0.134 e. The van der Waals surface area contributed by atoms with Crippen molar-refractivity contribution in [1.82, 2.24) is 9.78 Å². The number of nitrogens with zero attached hydrogens (tertiary/aromatic N) is 2. The minimum Gasteiger partial charge on any atom is -0.397 e. The van der Waals surface area contributed by atoms with E-state index in [9.17, 15) is 0 Å². The molecular formula is C16H16N4. The van der Waals surface area contributed by atoms with Crippen LogP contribution in [0.5, 0.6) is 0 Å². The summed E-state index contributed by atoms with van der Waals surface area (Å²) in [5, 5.41) is 7.86. The normalized spacial score (nSPS) is 10.4. The van der Waals surface area contributed by atoms with Gasteiger partial charge in [0.15, 0.2) is 0 Å². The Morgan fingerprint density at radius 2 is 1.70 bits per heavy atom. The molecule has 0 amide bonds. The van der Waals surface area contributed by atoms with Crippen LogP contribution in [-0.2, 0) is 0 Å². The molecule has 3 aromatic rings. The Bertz CT molecular complexity index is 716. The third-order valence-electron chi connectivity index (χ3n) is 3.06. The van der Waals surface area contributed by atoms with Gasteiger partial charge in [-0.15, -0.1) is 0 Å². The summed E-state index contributed by atoms with van der Waals surface area (Å²) in [5.41, 5.74) is 9.53. The third kappa shape index (κ3) is 2.36. The van der Waals surface area contributed by atoms with E-state index in [1.807, 2.05) is 72.3 Å². The van der Waals surface area contributed by atoms with Crippen LogP contribution in [0.1, 0.15) is 5.69 Å². The molecule has 0 radical (unpaired) electrons. The molecule has 0 bridgehead atoms. The summed E-state index contributed by atoms with van der Waals surface area (Å²) in [6.07, 6.45) is 0. The van der Waals surface area contributed by atoms with Crippen molar-refractivity contribution in [3.8, 4) is 5.69 Å². The van der Waals surface area contributed by atoms with E-state index in [0.29, 0.717) is 5.69 Å². The van der Waals surface area contributed by atoms with E-state index in [1.165, 1.54) is 0 Å². The fraction of sp³-hybridized carbons (Fsp3) is 0.0625. The van der Waals surface area contributed by atoms with E-state index in [4.69, 9.17) is 5.73 Å². The monoisotopic (exact) mass is 264 g/mol. The Hall–Kier alpha value is -2.75. The predicted molar refractivity (Wildman–Crippen MR) is 82.4 cm³/mol. The van der Waals surface area contributed by atoms with E-state index < -0.39 is 0 Å². The highest BCUT2D eigenvalue weighted by atomic mass is 15.3. The van der Waals surface area contributed by atoms with Gasteiger partial charge in [-0.3, -0.25) is 0 Å². The molecule has 2 aromatic carbocycles. The Labute approximate surface area is 117 Å². The summed E-state index contributed by atoms with van der Waals surface area (Å²) < 4.78 is 1.88. The minimum atomic E-state index is 0.714. The second-order valence-corrected chi connectivity index (χ2v) is 4.63. The van der Waals surface area contributed by atoms with E-state index in [2.05, 4.69) is 10.4 Å². The topological polar surface area (TPSA) is 55.9 Å². The van der Waals surface area contributed by atoms with Crippen LogP contribution in [0.3, 0.4) is 0 Å². The van der Waals surface area contributed by atoms with Gasteiger partial charge in [-0.25, -0.2) is 4.68 Å². The van der Waals surface area contributed by atoms with Crippen molar-refractivity contribution in [2.24, 2.45) is 0 Å². The lowest BCUT2D eigenvalue weighted by Gasteiger charge is -2.11. The van der Waals surface area contributed by atoms with Gasteiger partial charge in [0.2, 0.25) is 0 Å². The molecule has 0 aliphatic carbocycles. The van der Waals surface area contributed by atoms with Gasteiger partial charge in [-0.05, 0) is 31.2 Å². The molecule has 3 rings (SSSR count). The van der Waals surface area contributed by atoms with Gasteiger partial charge in [0, 0.05) is 6.07 Å². The molecule has 0 saturated carbocycles. The third-order valence-corrected chi connectivity index (χ3v) is 3.06. The molecule has 0 spiro atoms. The highest BCUT2D eigenvalue weighted by Crippen LogP contribution is 2.25. The smallest absolute Gasteiger partial charge is 0.134 e. The van der Waals surface area contributed by atoms with Gasteiger partial charge in [-0.2, -0.15) is 5.10 Å². The predicted octanol–water partition coefficient (Wildman–Crippen LogP) is 3.51. The molecule has 100 valence electrons. The number of nitrogens with two attached hydrogens (primary N) is 1. The highest BCUT2D eigenvalue weighted by Gasteiger charge is 2.08. The van der Waals surface area contributed by atoms with Crippen molar-refractivity contribution in [1.29, 1.82) is 0 Å². The number of hydrogen-bond acceptors (Lipinski definition) is 3. The van der Waals surface area contributed by atoms with Gasteiger partial charge in [0.25, 0.3) is 0 Å². The Balaban J connectivity index is 2.01. The molecular weight excluding hydrogens is 248 g/mol. The van der Waals surface area contributed by atoms with Crippen LogP contribution in [0, 0.1) is 6.92 Å². The molecule has 0 unspecified atom stereocenters. The molecule has 0 aliphatic heterocycles. The maximum absolute atomic E-state index is 5.97. The van der Waals surface area contributed by atoms with Crippen LogP contribution in [0.25, 0.3) is 5.69 Å². The second-order valence-electron chi connectivity index (χ2n) is 4.63. The first-order valence-electron chi connectivity index (χ1n) is 6.47. The van der Waals surface area contributed by atoms with Crippen molar-refractivity contribution in [2.45, 2.75) is 6.92 Å². The summed E-state index contributed by atoms with van der Waals surface area (Å²) in [6.45, 7) is 1.97. The van der Waals surface area contributed by atoms with Crippen LogP contribution in [-0.4, -0.2) is 9.78 Å². The average molecular weight is 264 g/mol. The zero-order valence-electron chi connectivity index (χ0n) is 11.2. The van der Waals surface area contributed by atoms with Crippen LogP contribution >= 0.6 is 0 Å². The molecule has 0 fully saturated rings. The standard InChI is InChI=1S/C16H16N4/c1-12-11-16(18-15-10-6-5-9-14(15)17)20(19-12)13-7-3-2-4-8-13/h2-11,18H,17H2,1H3. The zero-order chi connectivity index (χ0) is 13.9. The lowest BCUT2D eigenvalue weighted by molar-refractivity contribution is 0.869. The lowest BCUT2D eigenvalue weighted by Crippen LogP contribution is -2.03. The van der Waals surface area contributed by atoms with Crippen molar-refractivity contribution in [3.05, 3.63) is 66.4 Å². The first kappa shape index (κ1) is 12.3. The van der Waals surface area contributed by atoms with E-state index >= 15 is 0 Å². The Kier molecular flexibility index (Phi) is 3.13. The number of aromatic nitrogens is 2. The fourth-order valence-electron chi connectivity index (χ4n) is 2.10. The molecule has 0 aliphatic rings. The number of nitrogen functional groups attached to an aromatic ring is 1. The molecule has 1 heterocycles. The molecule has 1 aromatic heterocycles. The van der Waals surface area contributed by atoms with Crippen LogP contribution < -0.4 is 11.1 Å². The number of nitrogens with one attached hydrogen (secondary N) is 1. The first-order chi connectivity index (χ1) is 9.74. The molecule has 20 heavy (non-hydrogen) atoms. The maximum atomic E-state index is 5.97. The SMILES string of the molecule is Cc1cc(Nc2ccccc2N)n(-c2ccccc2)n1. The van der Waals surface area contributed by atoms with Crippen LogP contribution in [0.4, 0.5) is 17.2 Å². The van der Waals surface area contributed by atoms with E-state index in [-0.39, 0.29) is 0 Å². The molecule has 3 N–H and O–H groups in total. The second kappa shape index (κ2) is 5.09. The van der Waals surface area contributed by atoms with Gasteiger partial charge in [0.05, 0.1) is 22.8 Å². The molecule has 4 heteroatoms. The summed E-state index contributed by atoms with van der Waals surface area (Å²) in [4.78, 5) is 0. The number of anilines is 3. The lowest BCUT2D eigenvalue weighted by atomic mass is 10.2. The van der Waals surface area contributed by atoms with Crippen molar-refractivity contribution in [3.63, 3.8) is 0 Å². The van der Waals surface area contributed by atoms with Gasteiger partial charge in [0.1, 0.15) is 5.82 Å². The summed E-state index contributed by atoms with van der Waals surface area (Å²) in [5.74, 6) is 0.895. The van der Waals surface area contributed by atoms with E-state index in [0.717, 1.165) is 22.9 Å². The van der Waals surface area contributed by atoms with Crippen molar-refractivity contribution in [2.75, 3.05) is 11.1 Å². The molecule has 0 atom stereocenters. The van der Waals surface area contributed by atoms with Crippen molar-refractivity contribution < 1.29 is 0 Å². The summed E-state index contributed by atoms with van der Waals surface area (Å²) in [6, 6.07) is 19.7. The summed E-state index contributed by atoms with van der Waals surface area (Å²) in [7, 11) is 0. The highest BCUT2D eigenvalue weighted by molar-refractivity contribution is 5.71. The average Bonchev–Trinajstić information content (AvgIpc) is 2.83. The number of hydrogen-bond donors (Lipinski definition) is 2. The van der Waals surface area contributed by atoms with Gasteiger partial charge < -0.3 is 11.1 Å². The Morgan fingerprint density at radius 3 is 2.45 bits per heavy atom. The minimum absolute atomic E-state index is 0.714. The number of benzene rings is 2. The quantitative estimate of drug-likeness (QED) is 0.712.